The third-order valence-corrected chi connectivity index (χ3v) is 6.89. The van der Waals surface area contributed by atoms with Gasteiger partial charge in [-0.15, -0.1) is 0 Å². The van der Waals surface area contributed by atoms with Crippen molar-refractivity contribution in [2.24, 2.45) is 0 Å². The summed E-state index contributed by atoms with van der Waals surface area (Å²) in [6.45, 7) is 5.09. The molecule has 0 bridgehead atoms. The number of nitrogens with zero attached hydrogens (tertiary/aromatic N) is 3. The number of methoxy groups -OCH3 is 1. The van der Waals surface area contributed by atoms with E-state index >= 15 is 0 Å². The first-order chi connectivity index (χ1) is 12.7. The van der Waals surface area contributed by atoms with Crippen molar-refractivity contribution >= 4 is 9.84 Å². The Kier molecular flexibility index (Phi) is 5.58. The lowest BCUT2D eigenvalue weighted by atomic mass is 10.1. The van der Waals surface area contributed by atoms with Crippen LogP contribution in [0, 0.1) is 19.7 Å². The van der Waals surface area contributed by atoms with E-state index in [-0.39, 0.29) is 23.4 Å². The van der Waals surface area contributed by atoms with Crippen LogP contribution in [0.5, 0.6) is 5.75 Å². The van der Waals surface area contributed by atoms with E-state index in [1.807, 2.05) is 25.6 Å². The Hall–Kier alpha value is -1.93. The lowest BCUT2D eigenvalue weighted by Gasteiger charge is -2.19. The zero-order valence-electron chi connectivity index (χ0n) is 16.2. The number of rotatable bonds is 6. The molecule has 1 aliphatic rings. The highest BCUT2D eigenvalue weighted by molar-refractivity contribution is 7.91. The molecule has 1 aromatic carbocycles. The van der Waals surface area contributed by atoms with Crippen molar-refractivity contribution < 1.29 is 17.5 Å². The highest BCUT2D eigenvalue weighted by Crippen LogP contribution is 2.28. The van der Waals surface area contributed by atoms with Gasteiger partial charge in [-0.05, 0) is 45.5 Å². The maximum atomic E-state index is 13.6. The molecule has 1 saturated heterocycles. The maximum absolute atomic E-state index is 13.6. The summed E-state index contributed by atoms with van der Waals surface area (Å²) < 4.78 is 44.4. The van der Waals surface area contributed by atoms with Crippen LogP contribution < -0.4 is 4.74 Å². The molecule has 1 atom stereocenters. The summed E-state index contributed by atoms with van der Waals surface area (Å²) in [6, 6.07) is 4.42. The molecule has 27 heavy (non-hydrogen) atoms. The Morgan fingerprint density at radius 2 is 2.07 bits per heavy atom. The topological polar surface area (TPSA) is 64.4 Å². The molecule has 1 aromatic heterocycles. The highest BCUT2D eigenvalue weighted by Gasteiger charge is 2.31. The molecular weight excluding hydrogens is 369 g/mol. The third kappa shape index (κ3) is 4.32. The fourth-order valence-corrected chi connectivity index (χ4v) is 5.43. The lowest BCUT2D eigenvalue weighted by Crippen LogP contribution is -2.19. The Morgan fingerprint density at radius 1 is 1.33 bits per heavy atom. The van der Waals surface area contributed by atoms with Gasteiger partial charge in [0.2, 0.25) is 0 Å². The fraction of sp³-hybridized carbons (Fsp3) is 0.526. The van der Waals surface area contributed by atoms with Crippen LogP contribution in [0.1, 0.15) is 35.0 Å². The minimum Gasteiger partial charge on any atom is -0.496 e. The van der Waals surface area contributed by atoms with E-state index in [9.17, 15) is 12.8 Å². The van der Waals surface area contributed by atoms with E-state index in [2.05, 4.69) is 10.00 Å². The Labute approximate surface area is 159 Å². The quantitative estimate of drug-likeness (QED) is 0.752. The second-order valence-corrected chi connectivity index (χ2v) is 9.51. The lowest BCUT2D eigenvalue weighted by molar-refractivity contribution is 0.308. The smallest absolute Gasteiger partial charge is 0.152 e. The van der Waals surface area contributed by atoms with Crippen LogP contribution in [0.25, 0.3) is 0 Å². The molecule has 0 spiro atoms. The summed E-state index contributed by atoms with van der Waals surface area (Å²) in [4.78, 5) is 2.07. The molecule has 1 fully saturated rings. The molecule has 8 heteroatoms. The summed E-state index contributed by atoms with van der Waals surface area (Å²) in [5, 5.41) is 4.61. The average molecular weight is 396 g/mol. The van der Waals surface area contributed by atoms with Gasteiger partial charge >= 0.3 is 0 Å². The van der Waals surface area contributed by atoms with Crippen LogP contribution in [0.4, 0.5) is 4.39 Å². The van der Waals surface area contributed by atoms with E-state index in [0.717, 1.165) is 22.5 Å². The van der Waals surface area contributed by atoms with Gasteiger partial charge in [0.15, 0.2) is 9.84 Å². The number of aryl methyl sites for hydroxylation is 1. The molecular formula is C19H26FN3O3S. The van der Waals surface area contributed by atoms with Gasteiger partial charge in [0.05, 0.1) is 30.4 Å². The molecule has 148 valence electrons. The molecule has 6 nitrogen and oxygen atoms in total. The zero-order chi connectivity index (χ0) is 19.8. The van der Waals surface area contributed by atoms with Crippen molar-refractivity contribution in [1.82, 2.24) is 14.7 Å². The molecule has 2 aromatic rings. The van der Waals surface area contributed by atoms with E-state index in [1.165, 1.54) is 12.1 Å². The molecule has 0 N–H and O–H groups in total. The maximum Gasteiger partial charge on any atom is 0.152 e. The first-order valence-electron chi connectivity index (χ1n) is 8.96. The fourth-order valence-electron chi connectivity index (χ4n) is 3.74. The van der Waals surface area contributed by atoms with Crippen LogP contribution in [0.2, 0.25) is 0 Å². The van der Waals surface area contributed by atoms with Crippen molar-refractivity contribution in [1.29, 1.82) is 0 Å². The van der Waals surface area contributed by atoms with Gasteiger partial charge in [-0.25, -0.2) is 12.8 Å². The molecule has 0 aliphatic carbocycles. The van der Waals surface area contributed by atoms with E-state index in [0.29, 0.717) is 25.3 Å². The van der Waals surface area contributed by atoms with Crippen molar-refractivity contribution in [2.75, 3.05) is 25.7 Å². The van der Waals surface area contributed by atoms with Crippen molar-refractivity contribution in [3.8, 4) is 5.75 Å². The second-order valence-electron chi connectivity index (χ2n) is 7.28. The monoisotopic (exact) mass is 395 g/mol. The summed E-state index contributed by atoms with van der Waals surface area (Å²) in [6.07, 6.45) is 0.611. The minimum atomic E-state index is -2.96. The summed E-state index contributed by atoms with van der Waals surface area (Å²) in [7, 11) is 0.573. The Bertz CT molecular complexity index is 940. The summed E-state index contributed by atoms with van der Waals surface area (Å²) >= 11 is 0. The van der Waals surface area contributed by atoms with Crippen molar-refractivity contribution in [3.05, 3.63) is 46.5 Å². The van der Waals surface area contributed by atoms with Gasteiger partial charge in [-0.3, -0.25) is 9.58 Å². The number of aromatic nitrogens is 2. The molecule has 0 radical (unpaired) electrons. The van der Waals surface area contributed by atoms with Crippen LogP contribution in [-0.2, 0) is 22.9 Å². The summed E-state index contributed by atoms with van der Waals surface area (Å²) in [5.41, 5.74) is 3.75. The SMILES string of the molecule is COc1ccc(F)cc1CN(C)Cc1c(C)nn([C@@H]2CCS(=O)(=O)C2)c1C. The van der Waals surface area contributed by atoms with Gasteiger partial charge in [0.1, 0.15) is 11.6 Å². The molecule has 0 unspecified atom stereocenters. The van der Waals surface area contributed by atoms with Crippen LogP contribution >= 0.6 is 0 Å². The zero-order valence-corrected chi connectivity index (χ0v) is 17.0. The third-order valence-electron chi connectivity index (χ3n) is 5.14. The molecule has 1 aliphatic heterocycles. The number of benzene rings is 1. The van der Waals surface area contributed by atoms with E-state index in [1.54, 1.807) is 13.2 Å². The molecule has 3 rings (SSSR count). The normalized spacial score (nSPS) is 19.0. The second kappa shape index (κ2) is 7.59. The van der Waals surface area contributed by atoms with Gasteiger partial charge in [-0.1, -0.05) is 0 Å². The highest BCUT2D eigenvalue weighted by atomic mass is 32.2. The Morgan fingerprint density at radius 3 is 2.70 bits per heavy atom. The van der Waals surface area contributed by atoms with Crippen molar-refractivity contribution in [2.45, 2.75) is 39.4 Å². The van der Waals surface area contributed by atoms with Gasteiger partial charge in [0.25, 0.3) is 0 Å². The van der Waals surface area contributed by atoms with Gasteiger partial charge in [0, 0.05) is 29.9 Å². The van der Waals surface area contributed by atoms with E-state index < -0.39 is 9.84 Å². The minimum absolute atomic E-state index is 0.0870. The summed E-state index contributed by atoms with van der Waals surface area (Å²) in [5.74, 6) is 0.750. The van der Waals surface area contributed by atoms with Crippen LogP contribution in [-0.4, -0.2) is 48.8 Å². The number of halogens is 1. The van der Waals surface area contributed by atoms with Crippen LogP contribution in [0.15, 0.2) is 18.2 Å². The molecule has 0 amide bonds. The molecule has 0 saturated carbocycles. The van der Waals surface area contributed by atoms with Gasteiger partial charge < -0.3 is 4.74 Å². The standard InChI is InChI=1S/C19H26FN3O3S/c1-13-18(14(2)23(21-13)17-7-8-27(24,25)12-17)11-22(3)10-15-9-16(20)5-6-19(15)26-4/h5-6,9,17H,7-8,10-12H2,1-4H3/t17-/m1/s1. The number of hydrogen-bond donors (Lipinski definition) is 0. The average Bonchev–Trinajstić information content (AvgIpc) is 3.08. The van der Waals surface area contributed by atoms with Crippen LogP contribution in [0.3, 0.4) is 0 Å². The number of sulfone groups is 1. The van der Waals surface area contributed by atoms with Gasteiger partial charge in [-0.2, -0.15) is 5.10 Å². The number of ether oxygens (including phenoxy) is 1. The van der Waals surface area contributed by atoms with E-state index in [4.69, 9.17) is 4.74 Å². The predicted octanol–water partition coefficient (Wildman–Crippen LogP) is 2.64. The predicted molar refractivity (Wildman–Crippen MR) is 102 cm³/mol. The first-order valence-corrected chi connectivity index (χ1v) is 10.8. The first kappa shape index (κ1) is 19.8. The molecule has 2 heterocycles. The largest absolute Gasteiger partial charge is 0.496 e. The van der Waals surface area contributed by atoms with Crippen molar-refractivity contribution in [3.63, 3.8) is 0 Å². The Balaban J connectivity index is 1.77. The number of hydrogen-bond acceptors (Lipinski definition) is 5.